The molecule has 2 aliphatic heterocycles. The van der Waals surface area contributed by atoms with E-state index in [1.54, 1.807) is 18.2 Å². The summed E-state index contributed by atoms with van der Waals surface area (Å²) < 4.78 is 5.98. The van der Waals surface area contributed by atoms with Crippen LogP contribution in [0.15, 0.2) is 24.3 Å². The molecule has 162 valence electrons. The molecule has 7 heteroatoms. The van der Waals surface area contributed by atoms with Crippen LogP contribution in [0.25, 0.3) is 0 Å². The first kappa shape index (κ1) is 20.8. The minimum absolute atomic E-state index is 0.0285. The summed E-state index contributed by atoms with van der Waals surface area (Å²) in [5.41, 5.74) is 5.98. The molecule has 1 aromatic carbocycles. The number of carbonyl (C=O) groups is 3. The first-order chi connectivity index (χ1) is 14.5. The molecular weight excluding hydrogens is 382 g/mol. The van der Waals surface area contributed by atoms with E-state index in [9.17, 15) is 14.4 Å². The molecule has 1 aromatic rings. The number of nitrogens with one attached hydrogen (secondary N) is 1. The maximum atomic E-state index is 13.3. The van der Waals surface area contributed by atoms with Crippen LogP contribution in [-0.4, -0.2) is 54.0 Å². The SMILES string of the molecule is NC(=O)c1cccc(C(=O)N[C@H]2CCCCN(C(=O)C3CCOC4(CCC4)C3)C2)c1. The van der Waals surface area contributed by atoms with E-state index in [2.05, 4.69) is 5.32 Å². The van der Waals surface area contributed by atoms with Crippen molar-refractivity contribution in [1.82, 2.24) is 10.2 Å². The number of ether oxygens (including phenoxy) is 1. The van der Waals surface area contributed by atoms with Gasteiger partial charge in [-0.25, -0.2) is 0 Å². The average molecular weight is 414 g/mol. The summed E-state index contributed by atoms with van der Waals surface area (Å²) >= 11 is 0. The Morgan fingerprint density at radius 2 is 1.90 bits per heavy atom. The van der Waals surface area contributed by atoms with Crippen molar-refractivity contribution in [3.8, 4) is 0 Å². The fraction of sp³-hybridized carbons (Fsp3) is 0.609. The van der Waals surface area contributed by atoms with Crippen LogP contribution < -0.4 is 11.1 Å². The van der Waals surface area contributed by atoms with Crippen LogP contribution in [0.4, 0.5) is 0 Å². The van der Waals surface area contributed by atoms with E-state index in [1.165, 1.54) is 12.5 Å². The van der Waals surface area contributed by atoms with Crippen molar-refractivity contribution in [3.63, 3.8) is 0 Å². The second kappa shape index (κ2) is 8.76. The zero-order chi connectivity index (χ0) is 21.1. The molecule has 3 fully saturated rings. The Labute approximate surface area is 177 Å². The van der Waals surface area contributed by atoms with Crippen molar-refractivity contribution in [2.45, 2.75) is 63.0 Å². The van der Waals surface area contributed by atoms with Gasteiger partial charge in [0.15, 0.2) is 0 Å². The van der Waals surface area contributed by atoms with Gasteiger partial charge in [-0.3, -0.25) is 14.4 Å². The highest BCUT2D eigenvalue weighted by molar-refractivity contribution is 5.99. The molecule has 7 nitrogen and oxygen atoms in total. The fourth-order valence-corrected chi connectivity index (χ4v) is 4.96. The Morgan fingerprint density at radius 1 is 1.10 bits per heavy atom. The number of hydrogen-bond acceptors (Lipinski definition) is 4. The zero-order valence-corrected chi connectivity index (χ0v) is 17.4. The number of rotatable bonds is 4. The largest absolute Gasteiger partial charge is 0.375 e. The number of benzene rings is 1. The van der Waals surface area contributed by atoms with Crippen LogP contribution in [0.1, 0.15) is 72.1 Å². The molecule has 3 N–H and O–H groups in total. The minimum Gasteiger partial charge on any atom is -0.375 e. The molecule has 2 heterocycles. The molecule has 3 aliphatic rings. The van der Waals surface area contributed by atoms with Crippen LogP contribution in [-0.2, 0) is 9.53 Å². The van der Waals surface area contributed by atoms with Crippen molar-refractivity contribution in [2.24, 2.45) is 11.7 Å². The van der Waals surface area contributed by atoms with Gasteiger partial charge in [0, 0.05) is 42.8 Å². The van der Waals surface area contributed by atoms with Crippen molar-refractivity contribution in [3.05, 3.63) is 35.4 Å². The van der Waals surface area contributed by atoms with Gasteiger partial charge in [-0.2, -0.15) is 0 Å². The quantitative estimate of drug-likeness (QED) is 0.790. The topological polar surface area (TPSA) is 102 Å². The Bertz CT molecular complexity index is 820. The maximum absolute atomic E-state index is 13.3. The fourth-order valence-electron chi connectivity index (χ4n) is 4.96. The molecule has 1 saturated carbocycles. The minimum atomic E-state index is -0.559. The number of primary amides is 1. The number of carbonyl (C=O) groups excluding carboxylic acids is 3. The van der Waals surface area contributed by atoms with Crippen LogP contribution in [0.2, 0.25) is 0 Å². The standard InChI is InChI=1S/C23H31N3O4/c24-20(27)16-5-3-6-17(13-16)21(28)25-19-7-1-2-11-26(15-19)22(29)18-8-12-30-23(14-18)9-4-10-23/h3,5-6,13,18-19H,1-2,4,7-12,14-15H2,(H2,24,27)(H,25,28)/t18?,19-/m0/s1. The smallest absolute Gasteiger partial charge is 0.251 e. The van der Waals surface area contributed by atoms with Gasteiger partial charge in [0.05, 0.1) is 5.60 Å². The number of hydrogen-bond donors (Lipinski definition) is 2. The van der Waals surface area contributed by atoms with Gasteiger partial charge in [-0.15, -0.1) is 0 Å². The molecule has 1 aliphatic carbocycles. The van der Waals surface area contributed by atoms with Gasteiger partial charge in [0.25, 0.3) is 5.91 Å². The first-order valence-electron chi connectivity index (χ1n) is 11.1. The summed E-state index contributed by atoms with van der Waals surface area (Å²) in [6, 6.07) is 6.32. The molecule has 4 rings (SSSR count). The normalized spacial score (nSPS) is 25.8. The monoisotopic (exact) mass is 413 g/mol. The lowest BCUT2D eigenvalue weighted by atomic mass is 9.71. The summed E-state index contributed by atoms with van der Waals surface area (Å²) in [6.07, 6.45) is 7.70. The lowest BCUT2D eigenvalue weighted by molar-refractivity contribution is -0.163. The van der Waals surface area contributed by atoms with E-state index < -0.39 is 5.91 Å². The van der Waals surface area contributed by atoms with Crippen molar-refractivity contribution >= 4 is 17.7 Å². The van der Waals surface area contributed by atoms with Crippen LogP contribution in [0, 0.1) is 5.92 Å². The molecule has 3 amide bonds. The predicted octanol–water partition coefficient (Wildman–Crippen LogP) is 2.25. The Hall–Kier alpha value is -2.41. The molecule has 30 heavy (non-hydrogen) atoms. The van der Waals surface area contributed by atoms with Crippen molar-refractivity contribution < 1.29 is 19.1 Å². The van der Waals surface area contributed by atoms with E-state index >= 15 is 0 Å². The second-order valence-electron chi connectivity index (χ2n) is 8.97. The van der Waals surface area contributed by atoms with Gasteiger partial charge in [0.2, 0.25) is 11.8 Å². The third kappa shape index (κ3) is 4.51. The Balaban J connectivity index is 1.39. The summed E-state index contributed by atoms with van der Waals surface area (Å²) in [4.78, 5) is 39.3. The molecule has 0 radical (unpaired) electrons. The molecule has 0 bridgehead atoms. The van der Waals surface area contributed by atoms with Crippen LogP contribution in [0.3, 0.4) is 0 Å². The van der Waals surface area contributed by atoms with Gasteiger partial charge in [-0.05, 0) is 69.6 Å². The van der Waals surface area contributed by atoms with Gasteiger partial charge < -0.3 is 20.7 Å². The van der Waals surface area contributed by atoms with Crippen molar-refractivity contribution in [2.75, 3.05) is 19.7 Å². The van der Waals surface area contributed by atoms with Crippen LogP contribution >= 0.6 is 0 Å². The summed E-state index contributed by atoms with van der Waals surface area (Å²) in [6.45, 7) is 1.94. The van der Waals surface area contributed by atoms with Crippen LogP contribution in [0.5, 0.6) is 0 Å². The van der Waals surface area contributed by atoms with E-state index in [-0.39, 0.29) is 29.4 Å². The van der Waals surface area contributed by atoms with Gasteiger partial charge >= 0.3 is 0 Å². The Kier molecular flexibility index (Phi) is 6.09. The highest BCUT2D eigenvalue weighted by atomic mass is 16.5. The number of likely N-dealkylation sites (tertiary alicyclic amines) is 1. The lowest BCUT2D eigenvalue weighted by Crippen LogP contribution is -2.51. The third-order valence-corrected chi connectivity index (χ3v) is 6.83. The number of amides is 3. The van der Waals surface area contributed by atoms with E-state index in [1.807, 2.05) is 4.90 Å². The first-order valence-corrected chi connectivity index (χ1v) is 11.1. The van der Waals surface area contributed by atoms with E-state index in [4.69, 9.17) is 10.5 Å². The number of nitrogens with zero attached hydrogens (tertiary/aromatic N) is 1. The predicted molar refractivity (Wildman–Crippen MR) is 112 cm³/mol. The lowest BCUT2D eigenvalue weighted by Gasteiger charge is -2.47. The molecular formula is C23H31N3O4. The molecule has 0 aromatic heterocycles. The maximum Gasteiger partial charge on any atom is 0.251 e. The van der Waals surface area contributed by atoms with Gasteiger partial charge in [0.1, 0.15) is 0 Å². The van der Waals surface area contributed by atoms with Gasteiger partial charge in [-0.1, -0.05) is 6.07 Å². The zero-order valence-electron chi connectivity index (χ0n) is 17.4. The Morgan fingerprint density at radius 3 is 2.63 bits per heavy atom. The summed E-state index contributed by atoms with van der Waals surface area (Å²) in [5.74, 6) is -0.560. The summed E-state index contributed by atoms with van der Waals surface area (Å²) in [7, 11) is 0. The molecule has 2 saturated heterocycles. The average Bonchev–Trinajstić information content (AvgIpc) is 2.97. The highest BCUT2D eigenvalue weighted by Gasteiger charge is 2.45. The second-order valence-corrected chi connectivity index (χ2v) is 8.97. The summed E-state index contributed by atoms with van der Waals surface area (Å²) in [5, 5.41) is 3.06. The number of nitrogens with two attached hydrogens (primary N) is 1. The third-order valence-electron chi connectivity index (χ3n) is 6.83. The highest BCUT2D eigenvalue weighted by Crippen LogP contribution is 2.44. The van der Waals surface area contributed by atoms with Crippen molar-refractivity contribution in [1.29, 1.82) is 0 Å². The molecule has 1 unspecified atom stereocenters. The van der Waals surface area contributed by atoms with E-state index in [0.717, 1.165) is 51.5 Å². The molecule has 2 atom stereocenters. The van der Waals surface area contributed by atoms with E-state index in [0.29, 0.717) is 24.3 Å². The molecule has 1 spiro atoms.